The fourth-order valence-corrected chi connectivity index (χ4v) is 3.59. The Bertz CT molecular complexity index is 377. The molecule has 1 heterocycles. The molecule has 0 spiro atoms. The van der Waals surface area contributed by atoms with Crippen molar-refractivity contribution in [1.82, 2.24) is 20.2 Å². The van der Waals surface area contributed by atoms with Crippen LogP contribution in [0.4, 0.5) is 0 Å². The first-order chi connectivity index (χ1) is 7.83. The van der Waals surface area contributed by atoms with Crippen LogP contribution in [0.15, 0.2) is 0 Å². The van der Waals surface area contributed by atoms with Gasteiger partial charge in [0.15, 0.2) is 5.82 Å². The molecule has 0 radical (unpaired) electrons. The fraction of sp³-hybridized carbons (Fsp3) is 0.917. The maximum Gasteiger partial charge on any atom is 0.165 e. The number of tetrazole rings is 1. The van der Waals surface area contributed by atoms with Crippen LogP contribution in [0.5, 0.6) is 0 Å². The molecular formula is C12H23N5. The molecular weight excluding hydrogens is 214 g/mol. The molecule has 17 heavy (non-hydrogen) atoms. The molecule has 1 aliphatic carbocycles. The van der Waals surface area contributed by atoms with Gasteiger partial charge in [-0.25, -0.2) is 4.68 Å². The lowest BCUT2D eigenvalue weighted by Crippen LogP contribution is -2.36. The van der Waals surface area contributed by atoms with Gasteiger partial charge < -0.3 is 5.73 Å². The zero-order valence-corrected chi connectivity index (χ0v) is 11.3. The SMILES string of the molecule is CC1(C)CC(n2nnnc2CN)CC(C)(C)C1. The van der Waals surface area contributed by atoms with Gasteiger partial charge in [-0.05, 0) is 40.5 Å². The highest BCUT2D eigenvalue weighted by Crippen LogP contribution is 2.49. The van der Waals surface area contributed by atoms with Gasteiger partial charge in [0.05, 0.1) is 12.6 Å². The fourth-order valence-electron chi connectivity index (χ4n) is 3.59. The summed E-state index contributed by atoms with van der Waals surface area (Å²) >= 11 is 0. The predicted octanol–water partition coefficient (Wildman–Crippen LogP) is 1.91. The van der Waals surface area contributed by atoms with Crippen molar-refractivity contribution >= 4 is 0 Å². The van der Waals surface area contributed by atoms with Crippen molar-refractivity contribution in [1.29, 1.82) is 0 Å². The molecule has 0 atom stereocenters. The summed E-state index contributed by atoms with van der Waals surface area (Å²) in [6, 6.07) is 0.377. The maximum atomic E-state index is 5.67. The zero-order valence-electron chi connectivity index (χ0n) is 11.3. The van der Waals surface area contributed by atoms with Crippen LogP contribution in [0, 0.1) is 10.8 Å². The Morgan fingerprint density at radius 1 is 1.24 bits per heavy atom. The van der Waals surface area contributed by atoms with E-state index in [0.717, 1.165) is 18.7 Å². The molecule has 1 saturated carbocycles. The summed E-state index contributed by atoms with van der Waals surface area (Å²) in [4.78, 5) is 0. The molecule has 5 nitrogen and oxygen atoms in total. The van der Waals surface area contributed by atoms with E-state index in [1.165, 1.54) is 6.42 Å². The third-order valence-electron chi connectivity index (χ3n) is 3.62. The van der Waals surface area contributed by atoms with Gasteiger partial charge in [0.25, 0.3) is 0 Å². The molecule has 0 saturated heterocycles. The molecule has 0 unspecified atom stereocenters. The van der Waals surface area contributed by atoms with Crippen LogP contribution in [0.3, 0.4) is 0 Å². The standard InChI is InChI=1S/C12H23N5/c1-11(2)5-9(6-12(3,4)8-11)17-10(7-13)14-15-16-17/h9H,5-8,13H2,1-4H3. The molecule has 1 aromatic rings. The average Bonchev–Trinajstić information content (AvgIpc) is 2.59. The Kier molecular flexibility index (Phi) is 2.97. The normalized spacial score (nSPS) is 23.8. The van der Waals surface area contributed by atoms with E-state index < -0.39 is 0 Å². The lowest BCUT2D eigenvalue weighted by atomic mass is 9.63. The Morgan fingerprint density at radius 2 is 1.82 bits per heavy atom. The first kappa shape index (κ1) is 12.5. The van der Waals surface area contributed by atoms with Crippen LogP contribution in [0.2, 0.25) is 0 Å². The summed E-state index contributed by atoms with van der Waals surface area (Å²) < 4.78 is 1.93. The van der Waals surface area contributed by atoms with Gasteiger partial charge in [-0.2, -0.15) is 0 Å². The van der Waals surface area contributed by atoms with Crippen molar-refractivity contribution in [2.45, 2.75) is 59.5 Å². The minimum Gasteiger partial charge on any atom is -0.324 e. The first-order valence-electron chi connectivity index (χ1n) is 6.30. The van der Waals surface area contributed by atoms with Crippen molar-refractivity contribution in [3.05, 3.63) is 5.82 Å². The number of nitrogens with zero attached hydrogens (tertiary/aromatic N) is 4. The van der Waals surface area contributed by atoms with E-state index in [1.54, 1.807) is 0 Å². The van der Waals surface area contributed by atoms with Crippen LogP contribution < -0.4 is 5.73 Å². The lowest BCUT2D eigenvalue weighted by Gasteiger charge is -2.44. The molecule has 5 heteroatoms. The topological polar surface area (TPSA) is 69.6 Å². The minimum atomic E-state index is 0.338. The van der Waals surface area contributed by atoms with Gasteiger partial charge in [0.2, 0.25) is 0 Å². The monoisotopic (exact) mass is 237 g/mol. The number of aromatic nitrogens is 4. The maximum absolute atomic E-state index is 5.67. The second-order valence-corrected chi connectivity index (χ2v) is 6.81. The van der Waals surface area contributed by atoms with E-state index in [9.17, 15) is 0 Å². The van der Waals surface area contributed by atoms with Crippen molar-refractivity contribution in [2.75, 3.05) is 0 Å². The number of rotatable bonds is 2. The van der Waals surface area contributed by atoms with Gasteiger partial charge >= 0.3 is 0 Å². The highest BCUT2D eigenvalue weighted by Gasteiger charge is 2.40. The molecule has 0 aliphatic heterocycles. The molecule has 1 aliphatic rings. The number of hydrogen-bond acceptors (Lipinski definition) is 4. The second-order valence-electron chi connectivity index (χ2n) is 6.81. The lowest BCUT2D eigenvalue weighted by molar-refractivity contribution is 0.0652. The molecule has 1 aromatic heterocycles. The molecule has 1 fully saturated rings. The third kappa shape index (κ3) is 2.65. The molecule has 2 N–H and O–H groups in total. The van der Waals surface area contributed by atoms with E-state index in [1.807, 2.05) is 4.68 Å². The van der Waals surface area contributed by atoms with Crippen LogP contribution in [0.1, 0.15) is 58.8 Å². The summed E-state index contributed by atoms with van der Waals surface area (Å²) in [6.45, 7) is 9.71. The van der Waals surface area contributed by atoms with Gasteiger partial charge in [0.1, 0.15) is 0 Å². The summed E-state index contributed by atoms with van der Waals surface area (Å²) in [5, 5.41) is 11.8. The Hall–Kier alpha value is -0.970. The second kappa shape index (κ2) is 4.05. The largest absolute Gasteiger partial charge is 0.324 e. The zero-order chi connectivity index (χ0) is 12.7. The molecule has 0 bridgehead atoms. The Morgan fingerprint density at radius 3 is 2.35 bits per heavy atom. The van der Waals surface area contributed by atoms with Crippen molar-refractivity contribution in [3.63, 3.8) is 0 Å². The van der Waals surface area contributed by atoms with Crippen LogP contribution in [0.25, 0.3) is 0 Å². The molecule has 96 valence electrons. The summed E-state index contributed by atoms with van der Waals surface area (Å²) in [7, 11) is 0. The number of nitrogens with two attached hydrogens (primary N) is 1. The van der Waals surface area contributed by atoms with E-state index >= 15 is 0 Å². The quantitative estimate of drug-likeness (QED) is 0.853. The van der Waals surface area contributed by atoms with E-state index in [2.05, 4.69) is 43.2 Å². The van der Waals surface area contributed by atoms with Gasteiger partial charge in [-0.3, -0.25) is 0 Å². The van der Waals surface area contributed by atoms with Crippen molar-refractivity contribution in [2.24, 2.45) is 16.6 Å². The molecule has 2 rings (SSSR count). The average molecular weight is 237 g/mol. The minimum absolute atomic E-state index is 0.338. The number of hydrogen-bond donors (Lipinski definition) is 1. The highest BCUT2D eigenvalue weighted by molar-refractivity contribution is 4.94. The summed E-state index contributed by atoms with van der Waals surface area (Å²) in [6.07, 6.45) is 3.49. The smallest absolute Gasteiger partial charge is 0.165 e. The van der Waals surface area contributed by atoms with Crippen LogP contribution in [-0.2, 0) is 6.54 Å². The third-order valence-corrected chi connectivity index (χ3v) is 3.62. The summed E-state index contributed by atoms with van der Waals surface area (Å²) in [5.41, 5.74) is 6.35. The highest BCUT2D eigenvalue weighted by atomic mass is 15.6. The summed E-state index contributed by atoms with van der Waals surface area (Å²) in [5.74, 6) is 0.795. The van der Waals surface area contributed by atoms with E-state index in [4.69, 9.17) is 5.73 Å². The molecule has 0 amide bonds. The van der Waals surface area contributed by atoms with Gasteiger partial charge in [-0.1, -0.05) is 27.7 Å². The van der Waals surface area contributed by atoms with E-state index in [-0.39, 0.29) is 0 Å². The van der Waals surface area contributed by atoms with Crippen molar-refractivity contribution in [3.8, 4) is 0 Å². The van der Waals surface area contributed by atoms with Crippen LogP contribution >= 0.6 is 0 Å². The van der Waals surface area contributed by atoms with Gasteiger partial charge in [-0.15, -0.1) is 5.10 Å². The van der Waals surface area contributed by atoms with E-state index in [0.29, 0.717) is 23.4 Å². The van der Waals surface area contributed by atoms with Crippen molar-refractivity contribution < 1.29 is 0 Å². The Labute approximate surface area is 103 Å². The van der Waals surface area contributed by atoms with Gasteiger partial charge in [0, 0.05) is 0 Å². The molecule has 0 aromatic carbocycles. The predicted molar refractivity (Wildman–Crippen MR) is 66.2 cm³/mol. The Balaban J connectivity index is 2.27. The first-order valence-corrected chi connectivity index (χ1v) is 6.30. The van der Waals surface area contributed by atoms with Crippen LogP contribution in [-0.4, -0.2) is 20.2 Å².